The van der Waals surface area contributed by atoms with Crippen molar-refractivity contribution in [2.45, 2.75) is 37.8 Å². The summed E-state index contributed by atoms with van der Waals surface area (Å²) in [5.74, 6) is -0.829. The molecule has 0 amide bonds. The van der Waals surface area contributed by atoms with Gasteiger partial charge in [0.25, 0.3) is 0 Å². The van der Waals surface area contributed by atoms with Crippen LogP contribution in [-0.2, 0) is 0 Å². The van der Waals surface area contributed by atoms with Gasteiger partial charge in [0.05, 0.1) is 11.0 Å². The number of anilines is 1. The van der Waals surface area contributed by atoms with Gasteiger partial charge in [-0.3, -0.25) is 10.1 Å². The number of halogens is 1. The van der Waals surface area contributed by atoms with Crippen LogP contribution < -0.4 is 5.32 Å². The standard InChI is InChI=1S/C12H15FN2O3/c13-11-6-3-9(7-12(11)15(17)18)14-8-1-4-10(16)5-2-8/h3,6-8,10,14,16H,1-2,4-5H2. The van der Waals surface area contributed by atoms with Crippen LogP contribution in [0.1, 0.15) is 25.7 Å². The molecule has 98 valence electrons. The van der Waals surface area contributed by atoms with Crippen molar-refractivity contribution < 1.29 is 14.4 Å². The highest BCUT2D eigenvalue weighted by Gasteiger charge is 2.20. The largest absolute Gasteiger partial charge is 0.393 e. The molecule has 5 nitrogen and oxygen atoms in total. The number of nitrogens with zero attached hydrogens (tertiary/aromatic N) is 1. The van der Waals surface area contributed by atoms with Crippen LogP contribution in [-0.4, -0.2) is 22.2 Å². The second kappa shape index (κ2) is 5.30. The Bertz CT molecular complexity index is 445. The highest BCUT2D eigenvalue weighted by molar-refractivity contribution is 5.52. The summed E-state index contributed by atoms with van der Waals surface area (Å²) in [6.45, 7) is 0. The minimum Gasteiger partial charge on any atom is -0.393 e. The van der Waals surface area contributed by atoms with Crippen LogP contribution in [0.3, 0.4) is 0 Å². The normalized spacial score (nSPS) is 23.7. The molecule has 1 fully saturated rings. The third-order valence-corrected chi connectivity index (χ3v) is 3.21. The Morgan fingerprint density at radius 2 is 2.00 bits per heavy atom. The number of benzene rings is 1. The molecular weight excluding hydrogens is 239 g/mol. The first-order chi connectivity index (χ1) is 8.56. The smallest absolute Gasteiger partial charge is 0.306 e. The third-order valence-electron chi connectivity index (χ3n) is 3.21. The van der Waals surface area contributed by atoms with Crippen molar-refractivity contribution in [3.8, 4) is 0 Å². The average Bonchev–Trinajstić information content (AvgIpc) is 2.34. The van der Waals surface area contributed by atoms with E-state index in [-0.39, 0.29) is 12.1 Å². The van der Waals surface area contributed by atoms with Crippen molar-refractivity contribution in [1.82, 2.24) is 0 Å². The van der Waals surface area contributed by atoms with E-state index in [1.807, 2.05) is 0 Å². The van der Waals surface area contributed by atoms with Crippen molar-refractivity contribution in [3.05, 3.63) is 34.1 Å². The highest BCUT2D eigenvalue weighted by Crippen LogP contribution is 2.25. The minimum absolute atomic E-state index is 0.179. The first-order valence-electron chi connectivity index (χ1n) is 5.95. The molecular formula is C12H15FN2O3. The lowest BCUT2D eigenvalue weighted by Crippen LogP contribution is -2.28. The molecule has 1 aromatic rings. The lowest BCUT2D eigenvalue weighted by Gasteiger charge is -2.26. The fraction of sp³-hybridized carbons (Fsp3) is 0.500. The number of aliphatic hydroxyl groups excluding tert-OH is 1. The number of nitro benzene ring substituents is 1. The van der Waals surface area contributed by atoms with E-state index in [4.69, 9.17) is 0 Å². The first kappa shape index (κ1) is 12.8. The van der Waals surface area contributed by atoms with Gasteiger partial charge in [-0.25, -0.2) is 0 Å². The third kappa shape index (κ3) is 2.95. The van der Waals surface area contributed by atoms with E-state index in [0.717, 1.165) is 31.7 Å². The number of nitrogens with one attached hydrogen (secondary N) is 1. The lowest BCUT2D eigenvalue weighted by molar-refractivity contribution is -0.387. The quantitative estimate of drug-likeness (QED) is 0.641. The summed E-state index contributed by atoms with van der Waals surface area (Å²) in [6.07, 6.45) is 2.83. The SMILES string of the molecule is O=[N+]([O-])c1cc(NC2CCC(O)CC2)ccc1F. The highest BCUT2D eigenvalue weighted by atomic mass is 19.1. The molecule has 2 N–H and O–H groups in total. The first-order valence-corrected chi connectivity index (χ1v) is 5.95. The van der Waals surface area contributed by atoms with E-state index in [0.29, 0.717) is 5.69 Å². The fourth-order valence-corrected chi connectivity index (χ4v) is 2.20. The van der Waals surface area contributed by atoms with Gasteiger partial charge >= 0.3 is 5.69 Å². The molecule has 1 aliphatic carbocycles. The maximum Gasteiger partial charge on any atom is 0.306 e. The van der Waals surface area contributed by atoms with Gasteiger partial charge in [0.1, 0.15) is 0 Å². The molecule has 0 bridgehead atoms. The second-order valence-corrected chi connectivity index (χ2v) is 4.57. The number of nitro groups is 1. The molecule has 0 heterocycles. The summed E-state index contributed by atoms with van der Waals surface area (Å²) >= 11 is 0. The molecule has 0 radical (unpaired) electrons. The Hall–Kier alpha value is -1.69. The molecule has 18 heavy (non-hydrogen) atoms. The Morgan fingerprint density at radius 1 is 1.33 bits per heavy atom. The van der Waals surface area contributed by atoms with Crippen molar-refractivity contribution >= 4 is 11.4 Å². The second-order valence-electron chi connectivity index (χ2n) is 4.57. The number of hydrogen-bond donors (Lipinski definition) is 2. The molecule has 6 heteroatoms. The van der Waals surface area contributed by atoms with Gasteiger partial charge in [-0.1, -0.05) is 0 Å². The van der Waals surface area contributed by atoms with Gasteiger partial charge in [-0.05, 0) is 37.8 Å². The topological polar surface area (TPSA) is 75.4 Å². The van der Waals surface area contributed by atoms with Crippen LogP contribution in [0.2, 0.25) is 0 Å². The van der Waals surface area contributed by atoms with Gasteiger partial charge in [-0.2, -0.15) is 4.39 Å². The summed E-state index contributed by atoms with van der Waals surface area (Å²) in [7, 11) is 0. The Kier molecular flexibility index (Phi) is 3.76. The minimum atomic E-state index is -0.829. The Balaban J connectivity index is 2.05. The number of aliphatic hydroxyl groups is 1. The number of hydrogen-bond acceptors (Lipinski definition) is 4. The van der Waals surface area contributed by atoms with E-state index in [1.165, 1.54) is 12.1 Å². The zero-order valence-electron chi connectivity index (χ0n) is 9.80. The molecule has 1 aromatic carbocycles. The molecule has 2 rings (SSSR count). The molecule has 0 aliphatic heterocycles. The van der Waals surface area contributed by atoms with Crippen LogP contribution in [0.4, 0.5) is 15.8 Å². The van der Waals surface area contributed by atoms with Gasteiger partial charge in [0.2, 0.25) is 5.82 Å². The predicted octanol–water partition coefficient (Wildman–Crippen LogP) is 2.45. The molecule has 1 aliphatic rings. The maximum absolute atomic E-state index is 13.1. The zero-order valence-corrected chi connectivity index (χ0v) is 9.80. The average molecular weight is 254 g/mol. The zero-order chi connectivity index (χ0) is 13.1. The summed E-state index contributed by atoms with van der Waals surface area (Å²) in [5.41, 5.74) is 0.0281. The summed E-state index contributed by atoms with van der Waals surface area (Å²) in [6, 6.07) is 3.98. The van der Waals surface area contributed by atoms with Gasteiger partial charge in [0.15, 0.2) is 0 Å². The maximum atomic E-state index is 13.1. The Labute approximate surface area is 104 Å². The van der Waals surface area contributed by atoms with Crippen LogP contribution in [0.15, 0.2) is 18.2 Å². The number of rotatable bonds is 3. The van der Waals surface area contributed by atoms with E-state index >= 15 is 0 Å². The van der Waals surface area contributed by atoms with Gasteiger partial charge in [0, 0.05) is 17.8 Å². The molecule has 0 unspecified atom stereocenters. The van der Waals surface area contributed by atoms with E-state index < -0.39 is 16.4 Å². The van der Waals surface area contributed by atoms with Crippen LogP contribution >= 0.6 is 0 Å². The summed E-state index contributed by atoms with van der Waals surface area (Å²) < 4.78 is 13.1. The molecule has 0 atom stereocenters. The van der Waals surface area contributed by atoms with Crippen LogP contribution in [0.5, 0.6) is 0 Å². The van der Waals surface area contributed by atoms with Crippen molar-refractivity contribution in [2.24, 2.45) is 0 Å². The van der Waals surface area contributed by atoms with Crippen LogP contribution in [0, 0.1) is 15.9 Å². The molecule has 0 aromatic heterocycles. The molecule has 0 saturated heterocycles. The van der Waals surface area contributed by atoms with Crippen LogP contribution in [0.25, 0.3) is 0 Å². The predicted molar refractivity (Wildman–Crippen MR) is 64.9 cm³/mol. The van der Waals surface area contributed by atoms with E-state index in [1.54, 1.807) is 0 Å². The fourth-order valence-electron chi connectivity index (χ4n) is 2.20. The van der Waals surface area contributed by atoms with E-state index in [9.17, 15) is 19.6 Å². The van der Waals surface area contributed by atoms with Gasteiger partial charge < -0.3 is 10.4 Å². The molecule has 1 saturated carbocycles. The van der Waals surface area contributed by atoms with Gasteiger partial charge in [-0.15, -0.1) is 0 Å². The van der Waals surface area contributed by atoms with Crippen molar-refractivity contribution in [3.63, 3.8) is 0 Å². The Morgan fingerprint density at radius 3 is 2.61 bits per heavy atom. The summed E-state index contributed by atoms with van der Waals surface area (Å²) in [4.78, 5) is 9.88. The van der Waals surface area contributed by atoms with E-state index in [2.05, 4.69) is 5.32 Å². The monoisotopic (exact) mass is 254 g/mol. The lowest BCUT2D eigenvalue weighted by atomic mass is 9.93. The van der Waals surface area contributed by atoms with Crippen molar-refractivity contribution in [1.29, 1.82) is 0 Å². The summed E-state index contributed by atoms with van der Waals surface area (Å²) in [5, 5.41) is 23.1. The van der Waals surface area contributed by atoms with Crippen molar-refractivity contribution in [2.75, 3.05) is 5.32 Å². The molecule has 0 spiro atoms.